The smallest absolute Gasteiger partial charge is 0.288 e. The summed E-state index contributed by atoms with van der Waals surface area (Å²) in [5.74, 6) is 0. The molecule has 1 heterocycles. The number of aliphatic hydroxyl groups excluding tert-OH is 1. The summed E-state index contributed by atoms with van der Waals surface area (Å²) in [5, 5.41) is 20.6. The second-order valence-corrected chi connectivity index (χ2v) is 5.63. The maximum Gasteiger partial charge on any atom is 0.288 e. The Labute approximate surface area is 123 Å². The van der Waals surface area contributed by atoms with E-state index >= 15 is 0 Å². The molecule has 0 radical (unpaired) electrons. The number of nitrogens with zero attached hydrogens (tertiary/aromatic N) is 2. The van der Waals surface area contributed by atoms with Crippen molar-refractivity contribution < 1.29 is 10.0 Å². The molecule has 1 aliphatic rings. The van der Waals surface area contributed by atoms with E-state index < -0.39 is 4.92 Å². The predicted molar refractivity (Wildman–Crippen MR) is 79.5 cm³/mol. The Balaban J connectivity index is 2.40. The molecule has 1 N–H and O–H groups in total. The fraction of sp³-hybridized carbons (Fsp3) is 0.571. The van der Waals surface area contributed by atoms with E-state index in [-0.39, 0.29) is 23.4 Å². The molecule has 1 aromatic carbocycles. The molecule has 0 bridgehead atoms. The van der Waals surface area contributed by atoms with E-state index in [1.54, 1.807) is 6.07 Å². The van der Waals surface area contributed by atoms with Crippen LogP contribution in [0.1, 0.15) is 31.2 Å². The van der Waals surface area contributed by atoms with Crippen LogP contribution < -0.4 is 4.90 Å². The number of anilines is 1. The van der Waals surface area contributed by atoms with Gasteiger partial charge in [0.05, 0.1) is 17.6 Å². The van der Waals surface area contributed by atoms with Crippen molar-refractivity contribution >= 4 is 23.0 Å². The van der Waals surface area contributed by atoms with Crippen LogP contribution >= 0.6 is 11.6 Å². The summed E-state index contributed by atoms with van der Waals surface area (Å²) < 4.78 is 0. The predicted octanol–water partition coefficient (Wildman–Crippen LogP) is 3.30. The SMILES string of the molecule is Cc1cc([N+](=O)[O-])c(Cl)cc1N1CCCCCC1CO. The van der Waals surface area contributed by atoms with Crippen molar-refractivity contribution in [2.24, 2.45) is 0 Å². The summed E-state index contributed by atoms with van der Waals surface area (Å²) >= 11 is 6.02. The molecule has 0 saturated carbocycles. The highest BCUT2D eigenvalue weighted by Crippen LogP contribution is 2.34. The molecule has 0 aromatic heterocycles. The van der Waals surface area contributed by atoms with Gasteiger partial charge < -0.3 is 10.0 Å². The molecule has 1 aliphatic heterocycles. The molecule has 1 aromatic rings. The summed E-state index contributed by atoms with van der Waals surface area (Å²) in [6, 6.07) is 3.23. The van der Waals surface area contributed by atoms with Crippen molar-refractivity contribution in [1.29, 1.82) is 0 Å². The Morgan fingerprint density at radius 3 is 2.85 bits per heavy atom. The third kappa shape index (κ3) is 3.04. The highest BCUT2D eigenvalue weighted by atomic mass is 35.5. The van der Waals surface area contributed by atoms with Gasteiger partial charge in [0.25, 0.3) is 5.69 Å². The summed E-state index contributed by atoms with van der Waals surface area (Å²) in [6.45, 7) is 2.78. The van der Waals surface area contributed by atoms with Gasteiger partial charge in [-0.3, -0.25) is 10.1 Å². The second kappa shape index (κ2) is 6.41. The van der Waals surface area contributed by atoms with Crippen LogP contribution in [-0.4, -0.2) is 29.2 Å². The number of rotatable bonds is 3. The summed E-state index contributed by atoms with van der Waals surface area (Å²) in [7, 11) is 0. The Morgan fingerprint density at radius 1 is 1.45 bits per heavy atom. The largest absolute Gasteiger partial charge is 0.394 e. The van der Waals surface area contributed by atoms with Gasteiger partial charge in [-0.05, 0) is 31.4 Å². The zero-order valence-electron chi connectivity index (χ0n) is 11.5. The van der Waals surface area contributed by atoms with Gasteiger partial charge in [-0.2, -0.15) is 0 Å². The lowest BCUT2D eigenvalue weighted by molar-refractivity contribution is -0.384. The Hall–Kier alpha value is -1.33. The van der Waals surface area contributed by atoms with Crippen LogP contribution in [0.5, 0.6) is 0 Å². The van der Waals surface area contributed by atoms with Crippen molar-refractivity contribution in [3.8, 4) is 0 Å². The number of aryl methyl sites for hydroxylation is 1. The lowest BCUT2D eigenvalue weighted by atomic mass is 10.1. The van der Waals surface area contributed by atoms with Gasteiger partial charge >= 0.3 is 0 Å². The van der Waals surface area contributed by atoms with Crippen LogP contribution in [0, 0.1) is 17.0 Å². The van der Waals surface area contributed by atoms with E-state index in [2.05, 4.69) is 4.90 Å². The molecule has 0 aliphatic carbocycles. The molecular weight excluding hydrogens is 280 g/mol. The van der Waals surface area contributed by atoms with Gasteiger partial charge in [-0.25, -0.2) is 0 Å². The van der Waals surface area contributed by atoms with Gasteiger partial charge in [0.1, 0.15) is 5.02 Å². The van der Waals surface area contributed by atoms with Gasteiger partial charge in [0.2, 0.25) is 0 Å². The normalized spacial score (nSPS) is 19.8. The van der Waals surface area contributed by atoms with E-state index in [0.29, 0.717) is 0 Å². The van der Waals surface area contributed by atoms with Crippen molar-refractivity contribution in [3.63, 3.8) is 0 Å². The summed E-state index contributed by atoms with van der Waals surface area (Å²) in [4.78, 5) is 12.6. The molecule has 1 saturated heterocycles. The average Bonchev–Trinajstić information content (AvgIpc) is 2.65. The fourth-order valence-electron chi connectivity index (χ4n) is 2.79. The lowest BCUT2D eigenvalue weighted by Gasteiger charge is -2.32. The highest BCUT2D eigenvalue weighted by Gasteiger charge is 2.24. The minimum Gasteiger partial charge on any atom is -0.394 e. The monoisotopic (exact) mass is 298 g/mol. The minimum absolute atomic E-state index is 0.0636. The molecule has 6 heteroatoms. The zero-order chi connectivity index (χ0) is 14.7. The number of hydrogen-bond acceptors (Lipinski definition) is 4. The average molecular weight is 299 g/mol. The van der Waals surface area contributed by atoms with E-state index in [1.807, 2.05) is 6.92 Å². The van der Waals surface area contributed by atoms with Crippen LogP contribution in [0.15, 0.2) is 12.1 Å². The number of aliphatic hydroxyl groups is 1. The van der Waals surface area contributed by atoms with E-state index in [4.69, 9.17) is 11.6 Å². The first-order chi connectivity index (χ1) is 9.54. The van der Waals surface area contributed by atoms with Crippen LogP contribution in [0.4, 0.5) is 11.4 Å². The third-order valence-electron chi connectivity index (χ3n) is 3.86. The van der Waals surface area contributed by atoms with Gasteiger partial charge in [0, 0.05) is 18.3 Å². The Bertz CT molecular complexity index is 507. The first-order valence-electron chi connectivity index (χ1n) is 6.86. The topological polar surface area (TPSA) is 66.6 Å². The first-order valence-corrected chi connectivity index (χ1v) is 7.24. The molecule has 20 heavy (non-hydrogen) atoms. The van der Waals surface area contributed by atoms with Crippen LogP contribution in [-0.2, 0) is 0 Å². The van der Waals surface area contributed by atoms with Gasteiger partial charge in [0.15, 0.2) is 0 Å². The maximum absolute atomic E-state index is 10.9. The van der Waals surface area contributed by atoms with Crippen LogP contribution in [0.2, 0.25) is 5.02 Å². The van der Waals surface area contributed by atoms with Gasteiger partial charge in [-0.1, -0.05) is 24.4 Å². The van der Waals surface area contributed by atoms with Crippen molar-refractivity contribution in [3.05, 3.63) is 32.8 Å². The third-order valence-corrected chi connectivity index (χ3v) is 4.16. The molecule has 2 rings (SSSR count). The quantitative estimate of drug-likeness (QED) is 0.687. The number of benzene rings is 1. The van der Waals surface area contributed by atoms with Crippen molar-refractivity contribution in [2.75, 3.05) is 18.1 Å². The summed E-state index contributed by atoms with van der Waals surface area (Å²) in [5.41, 5.74) is 1.64. The van der Waals surface area contributed by atoms with Crippen LogP contribution in [0.25, 0.3) is 0 Å². The lowest BCUT2D eigenvalue weighted by Crippen LogP contribution is -2.38. The number of nitro benzene ring substituents is 1. The van der Waals surface area contributed by atoms with Gasteiger partial charge in [-0.15, -0.1) is 0 Å². The number of halogens is 1. The van der Waals surface area contributed by atoms with E-state index in [0.717, 1.165) is 43.5 Å². The number of nitro groups is 1. The van der Waals surface area contributed by atoms with Crippen LogP contribution in [0.3, 0.4) is 0 Å². The fourth-order valence-corrected chi connectivity index (χ4v) is 3.02. The zero-order valence-corrected chi connectivity index (χ0v) is 12.3. The molecule has 5 nitrogen and oxygen atoms in total. The molecular formula is C14H19ClN2O3. The molecule has 110 valence electrons. The molecule has 1 unspecified atom stereocenters. The Kier molecular flexibility index (Phi) is 4.83. The van der Waals surface area contributed by atoms with Crippen molar-refractivity contribution in [1.82, 2.24) is 0 Å². The highest BCUT2D eigenvalue weighted by molar-refractivity contribution is 6.33. The summed E-state index contributed by atoms with van der Waals surface area (Å²) in [6.07, 6.45) is 4.24. The second-order valence-electron chi connectivity index (χ2n) is 5.23. The molecule has 0 amide bonds. The standard InChI is InChI=1S/C14H19ClN2O3/c1-10-7-14(17(19)20)12(15)8-13(10)16-6-4-2-3-5-11(16)9-18/h7-8,11,18H,2-6,9H2,1H3. The van der Waals surface area contributed by atoms with E-state index in [1.165, 1.54) is 6.07 Å². The van der Waals surface area contributed by atoms with E-state index in [9.17, 15) is 15.2 Å². The minimum atomic E-state index is -0.467. The molecule has 1 fully saturated rings. The first kappa shape index (κ1) is 15.1. The number of hydrogen-bond donors (Lipinski definition) is 1. The van der Waals surface area contributed by atoms with Crippen molar-refractivity contribution in [2.45, 2.75) is 38.6 Å². The molecule has 1 atom stereocenters. The Morgan fingerprint density at radius 2 is 2.20 bits per heavy atom. The molecule has 0 spiro atoms. The maximum atomic E-state index is 10.9.